The minimum Gasteiger partial charge on any atom is -0.335 e. The van der Waals surface area contributed by atoms with Crippen molar-refractivity contribution >= 4 is 0 Å². The molecule has 1 aromatic heterocycles. The Balaban J connectivity index is 2.14. The van der Waals surface area contributed by atoms with Crippen LogP contribution in [0.5, 0.6) is 0 Å². The summed E-state index contributed by atoms with van der Waals surface area (Å²) in [6, 6.07) is 7.26. The highest BCUT2D eigenvalue weighted by molar-refractivity contribution is 5.33. The number of nitrogens with one attached hydrogen (secondary N) is 1. The van der Waals surface area contributed by atoms with E-state index < -0.39 is 0 Å². The Morgan fingerprint density at radius 3 is 2.81 bits per heavy atom. The van der Waals surface area contributed by atoms with Gasteiger partial charge in [0.1, 0.15) is 5.82 Å². The third-order valence-corrected chi connectivity index (χ3v) is 3.74. The van der Waals surface area contributed by atoms with Gasteiger partial charge in [0.2, 0.25) is 0 Å². The molecule has 0 unspecified atom stereocenters. The maximum absolute atomic E-state index is 4.52. The molecule has 0 saturated heterocycles. The van der Waals surface area contributed by atoms with E-state index in [0.29, 0.717) is 6.04 Å². The van der Waals surface area contributed by atoms with Crippen LogP contribution < -0.4 is 5.32 Å². The van der Waals surface area contributed by atoms with Gasteiger partial charge >= 0.3 is 0 Å². The van der Waals surface area contributed by atoms with Crippen molar-refractivity contribution in [3.05, 3.63) is 53.1 Å². The number of benzene rings is 1. The molecule has 0 aliphatic carbocycles. The lowest BCUT2D eigenvalue weighted by molar-refractivity contribution is 0.588. The molecule has 21 heavy (non-hydrogen) atoms. The van der Waals surface area contributed by atoms with Crippen molar-refractivity contribution in [1.29, 1.82) is 0 Å². The van der Waals surface area contributed by atoms with Crippen LogP contribution in [-0.2, 0) is 19.5 Å². The number of nitrogens with zero attached hydrogens (tertiary/aromatic N) is 2. The fourth-order valence-electron chi connectivity index (χ4n) is 2.47. The summed E-state index contributed by atoms with van der Waals surface area (Å²) in [6.07, 6.45) is 6.04. The van der Waals surface area contributed by atoms with E-state index in [4.69, 9.17) is 0 Å². The smallest absolute Gasteiger partial charge is 0.113 e. The Labute approximate surface area is 128 Å². The van der Waals surface area contributed by atoms with E-state index in [2.05, 4.69) is 67.0 Å². The van der Waals surface area contributed by atoms with Gasteiger partial charge in [0.05, 0.1) is 0 Å². The first-order chi connectivity index (χ1) is 10.1. The van der Waals surface area contributed by atoms with Crippen LogP contribution in [0, 0.1) is 6.92 Å². The average Bonchev–Trinajstić information content (AvgIpc) is 2.87. The van der Waals surface area contributed by atoms with Crippen molar-refractivity contribution in [1.82, 2.24) is 14.9 Å². The summed E-state index contributed by atoms with van der Waals surface area (Å²) in [5, 5.41) is 3.48. The van der Waals surface area contributed by atoms with Gasteiger partial charge in [-0.1, -0.05) is 39.0 Å². The number of aryl methyl sites for hydroxylation is 2. The Morgan fingerprint density at radius 2 is 2.10 bits per heavy atom. The number of imidazole rings is 1. The van der Waals surface area contributed by atoms with Crippen LogP contribution in [0.2, 0.25) is 0 Å². The van der Waals surface area contributed by atoms with E-state index in [1.54, 1.807) is 0 Å². The fourth-order valence-corrected chi connectivity index (χ4v) is 2.47. The molecule has 0 aliphatic heterocycles. The van der Waals surface area contributed by atoms with Gasteiger partial charge in [-0.15, -0.1) is 0 Å². The van der Waals surface area contributed by atoms with Crippen LogP contribution in [0.1, 0.15) is 49.7 Å². The zero-order chi connectivity index (χ0) is 15.2. The maximum atomic E-state index is 4.52. The van der Waals surface area contributed by atoms with E-state index in [1.807, 2.05) is 6.20 Å². The lowest BCUT2D eigenvalue weighted by Gasteiger charge is -2.12. The van der Waals surface area contributed by atoms with Gasteiger partial charge in [0, 0.05) is 37.9 Å². The summed E-state index contributed by atoms with van der Waals surface area (Å²) in [7, 11) is 0. The summed E-state index contributed by atoms with van der Waals surface area (Å²) in [5.41, 5.74) is 4.06. The van der Waals surface area contributed by atoms with Crippen molar-refractivity contribution in [2.24, 2.45) is 0 Å². The molecule has 1 N–H and O–H groups in total. The Bertz CT molecular complexity index is 570. The first kappa shape index (κ1) is 15.8. The summed E-state index contributed by atoms with van der Waals surface area (Å²) < 4.78 is 2.26. The molecular weight excluding hydrogens is 258 g/mol. The molecule has 2 rings (SSSR count). The molecular formula is C18H27N3. The zero-order valence-electron chi connectivity index (χ0n) is 13.7. The normalized spacial score (nSPS) is 11.3. The molecule has 0 bridgehead atoms. The van der Waals surface area contributed by atoms with Crippen molar-refractivity contribution in [3.63, 3.8) is 0 Å². The van der Waals surface area contributed by atoms with E-state index >= 15 is 0 Å². The quantitative estimate of drug-likeness (QED) is 0.841. The Hall–Kier alpha value is -1.61. The second kappa shape index (κ2) is 7.41. The van der Waals surface area contributed by atoms with Gasteiger partial charge in [0.25, 0.3) is 0 Å². The molecule has 3 heteroatoms. The Morgan fingerprint density at radius 1 is 1.29 bits per heavy atom. The van der Waals surface area contributed by atoms with Crippen LogP contribution >= 0.6 is 0 Å². The number of hydrogen-bond donors (Lipinski definition) is 1. The van der Waals surface area contributed by atoms with E-state index in [9.17, 15) is 0 Å². The number of aromatic nitrogens is 2. The standard InChI is InChI=1S/C18H27N3/c1-5-9-21-10-8-19-18(21)12-17-11-16(7-6-15(17)4)13-20-14(2)3/h6-8,10-11,14,20H,5,9,12-13H2,1-4H3. The predicted octanol–water partition coefficient (Wildman–Crippen LogP) is 3.69. The first-order valence-electron chi connectivity index (χ1n) is 7.92. The van der Waals surface area contributed by atoms with Crippen molar-refractivity contribution < 1.29 is 0 Å². The van der Waals surface area contributed by atoms with Crippen LogP contribution in [0.15, 0.2) is 30.6 Å². The molecule has 0 saturated carbocycles. The summed E-state index contributed by atoms with van der Waals surface area (Å²) in [6.45, 7) is 10.7. The van der Waals surface area contributed by atoms with Gasteiger partial charge in [-0.3, -0.25) is 0 Å². The summed E-state index contributed by atoms with van der Waals surface area (Å²) in [4.78, 5) is 4.52. The van der Waals surface area contributed by atoms with Crippen molar-refractivity contribution in [2.75, 3.05) is 0 Å². The molecule has 3 nitrogen and oxygen atoms in total. The summed E-state index contributed by atoms with van der Waals surface area (Å²) >= 11 is 0. The lowest BCUT2D eigenvalue weighted by Crippen LogP contribution is -2.21. The molecule has 0 amide bonds. The molecule has 1 aromatic carbocycles. The highest BCUT2D eigenvalue weighted by Crippen LogP contribution is 2.16. The minimum atomic E-state index is 0.512. The van der Waals surface area contributed by atoms with Crippen LogP contribution in [0.3, 0.4) is 0 Å². The van der Waals surface area contributed by atoms with E-state index in [-0.39, 0.29) is 0 Å². The molecule has 114 valence electrons. The monoisotopic (exact) mass is 285 g/mol. The second-order valence-electron chi connectivity index (χ2n) is 6.01. The highest BCUT2D eigenvalue weighted by atomic mass is 15.1. The molecule has 2 aromatic rings. The maximum Gasteiger partial charge on any atom is 0.113 e. The van der Waals surface area contributed by atoms with Crippen LogP contribution in [0.4, 0.5) is 0 Å². The lowest BCUT2D eigenvalue weighted by atomic mass is 10.0. The fraction of sp³-hybridized carbons (Fsp3) is 0.500. The third kappa shape index (κ3) is 4.43. The van der Waals surface area contributed by atoms with E-state index in [0.717, 1.165) is 31.8 Å². The Kier molecular flexibility index (Phi) is 5.57. The topological polar surface area (TPSA) is 29.9 Å². The van der Waals surface area contributed by atoms with Gasteiger partial charge in [-0.25, -0.2) is 4.98 Å². The van der Waals surface area contributed by atoms with Gasteiger partial charge in [-0.2, -0.15) is 0 Å². The second-order valence-corrected chi connectivity index (χ2v) is 6.01. The molecule has 0 radical (unpaired) electrons. The summed E-state index contributed by atoms with van der Waals surface area (Å²) in [5.74, 6) is 1.16. The molecule has 0 fully saturated rings. The molecule has 0 spiro atoms. The molecule has 0 aliphatic rings. The SMILES string of the molecule is CCCn1ccnc1Cc1cc(CNC(C)C)ccc1C. The predicted molar refractivity (Wildman–Crippen MR) is 88.5 cm³/mol. The van der Waals surface area contributed by atoms with E-state index in [1.165, 1.54) is 16.7 Å². The van der Waals surface area contributed by atoms with Crippen molar-refractivity contribution in [3.8, 4) is 0 Å². The third-order valence-electron chi connectivity index (χ3n) is 3.74. The minimum absolute atomic E-state index is 0.512. The highest BCUT2D eigenvalue weighted by Gasteiger charge is 2.07. The molecule has 0 atom stereocenters. The number of hydrogen-bond acceptors (Lipinski definition) is 2. The van der Waals surface area contributed by atoms with Gasteiger partial charge < -0.3 is 9.88 Å². The van der Waals surface area contributed by atoms with Crippen LogP contribution in [-0.4, -0.2) is 15.6 Å². The molecule has 1 heterocycles. The van der Waals surface area contributed by atoms with Gasteiger partial charge in [-0.05, 0) is 30.0 Å². The van der Waals surface area contributed by atoms with Crippen LogP contribution in [0.25, 0.3) is 0 Å². The average molecular weight is 285 g/mol. The number of rotatable bonds is 7. The first-order valence-corrected chi connectivity index (χ1v) is 7.92. The van der Waals surface area contributed by atoms with Crippen molar-refractivity contribution in [2.45, 2.75) is 59.7 Å². The zero-order valence-corrected chi connectivity index (χ0v) is 13.7. The van der Waals surface area contributed by atoms with Gasteiger partial charge in [0.15, 0.2) is 0 Å². The largest absolute Gasteiger partial charge is 0.335 e.